The van der Waals surface area contributed by atoms with E-state index in [1.807, 2.05) is 43.3 Å². The van der Waals surface area contributed by atoms with Crippen LogP contribution in [0.5, 0.6) is 0 Å². The second kappa shape index (κ2) is 23.7. The molecule has 1 aromatic heterocycles. The highest BCUT2D eigenvalue weighted by molar-refractivity contribution is 7.77. The van der Waals surface area contributed by atoms with Gasteiger partial charge in [-0.1, -0.05) is 38.8 Å². The summed E-state index contributed by atoms with van der Waals surface area (Å²) >= 11 is 3.95. The van der Waals surface area contributed by atoms with Gasteiger partial charge in [-0.3, -0.25) is 14.5 Å². The summed E-state index contributed by atoms with van der Waals surface area (Å²) in [5, 5.41) is 20.5. The van der Waals surface area contributed by atoms with E-state index in [-0.39, 0.29) is 23.1 Å². The smallest absolute Gasteiger partial charge is 0.180 e. The monoisotopic (exact) mass is 726 g/mol. The van der Waals surface area contributed by atoms with Crippen LogP contribution >= 0.6 is 12.8 Å². The number of hydrogen-bond donors (Lipinski definition) is 3. The summed E-state index contributed by atoms with van der Waals surface area (Å²) in [6.45, 7) is 10.8. The van der Waals surface area contributed by atoms with Crippen LogP contribution in [0.4, 0.5) is 10.1 Å². The highest BCUT2D eigenvalue weighted by Crippen LogP contribution is 2.28. The van der Waals surface area contributed by atoms with Gasteiger partial charge in [0.25, 0.3) is 0 Å². The number of halogens is 1. The molecule has 1 aliphatic heterocycles. The fourth-order valence-electron chi connectivity index (χ4n) is 5.31. The van der Waals surface area contributed by atoms with Gasteiger partial charge >= 0.3 is 0 Å². The van der Waals surface area contributed by atoms with Gasteiger partial charge in [-0.2, -0.15) is 10.4 Å². The maximum Gasteiger partial charge on any atom is 0.180 e. The zero-order valence-corrected chi connectivity index (χ0v) is 31.7. The fourth-order valence-corrected chi connectivity index (χ4v) is 5.40. The molecule has 0 spiro atoms. The molecule has 0 bridgehead atoms. The quantitative estimate of drug-likeness (QED) is 0.0591. The second-order valence-corrected chi connectivity index (χ2v) is 12.5. The van der Waals surface area contributed by atoms with Crippen molar-refractivity contribution < 1.29 is 28.7 Å². The Morgan fingerprint density at radius 1 is 1.16 bits per heavy atom. The molecule has 51 heavy (non-hydrogen) atoms. The number of hydrogen-bond acceptors (Lipinski definition) is 11. The first-order valence-corrected chi connectivity index (χ1v) is 17.8. The third kappa shape index (κ3) is 14.4. The molecule has 1 unspecified atom stereocenters. The molecule has 2 heterocycles. The number of nitrogens with zero attached hydrogens (tertiary/aromatic N) is 5. The van der Waals surface area contributed by atoms with Crippen molar-refractivity contribution in [3.63, 3.8) is 0 Å². The number of benzene rings is 2. The van der Waals surface area contributed by atoms with Crippen molar-refractivity contribution in [2.24, 2.45) is 11.7 Å². The van der Waals surface area contributed by atoms with Crippen molar-refractivity contribution in [3.05, 3.63) is 77.4 Å². The van der Waals surface area contributed by atoms with Crippen molar-refractivity contribution in [2.45, 2.75) is 78.7 Å². The van der Waals surface area contributed by atoms with Crippen LogP contribution < -0.4 is 10.6 Å². The van der Waals surface area contributed by atoms with Crippen LogP contribution in [0.25, 0.3) is 16.9 Å². The number of carbonyl (C=O) groups excluding carboxylic acids is 1. The van der Waals surface area contributed by atoms with E-state index in [9.17, 15) is 9.18 Å². The molecule has 13 heteroatoms. The largest absolute Gasteiger partial charge is 0.402 e. The fraction of sp³-hybridized carbons (Fsp3) is 0.500. The third-order valence-electron chi connectivity index (χ3n) is 8.59. The van der Waals surface area contributed by atoms with Crippen LogP contribution in [-0.2, 0) is 14.4 Å². The summed E-state index contributed by atoms with van der Waals surface area (Å²) in [4.78, 5) is 24.3. The molecule has 1 atom stereocenters. The van der Waals surface area contributed by atoms with Gasteiger partial charge in [-0.25, -0.2) is 9.07 Å². The number of piperidine rings is 1. The average Bonchev–Trinajstić information content (AvgIpc) is 3.62. The molecule has 0 radical (unpaired) electrons. The molecule has 3 aromatic rings. The first-order chi connectivity index (χ1) is 24.6. The number of anilines is 1. The number of carbonyl (C=O) groups is 1. The Bertz CT molecular complexity index is 1540. The lowest BCUT2D eigenvalue weighted by Gasteiger charge is -2.33. The minimum atomic E-state index is -0.617. The van der Waals surface area contributed by atoms with Gasteiger partial charge < -0.3 is 20.5 Å². The number of thiol groups is 1. The minimum Gasteiger partial charge on any atom is -0.402 e. The lowest BCUT2D eigenvalue weighted by molar-refractivity contribution is -0.278. The van der Waals surface area contributed by atoms with E-state index in [0.29, 0.717) is 24.5 Å². The Labute approximate surface area is 308 Å². The van der Waals surface area contributed by atoms with Gasteiger partial charge in [0.05, 0.1) is 36.8 Å². The molecule has 1 fully saturated rings. The highest BCUT2D eigenvalue weighted by Gasteiger charge is 2.21. The van der Waals surface area contributed by atoms with Crippen LogP contribution in [0.15, 0.2) is 60.3 Å². The van der Waals surface area contributed by atoms with Gasteiger partial charge in [0.1, 0.15) is 17.6 Å². The molecule has 1 aliphatic rings. The molecular weight excluding hydrogens is 672 g/mol. The van der Waals surface area contributed by atoms with Gasteiger partial charge in [0.2, 0.25) is 0 Å². The van der Waals surface area contributed by atoms with E-state index in [1.54, 1.807) is 16.8 Å². The van der Waals surface area contributed by atoms with Crippen molar-refractivity contribution in [1.29, 1.82) is 5.26 Å². The van der Waals surface area contributed by atoms with Crippen LogP contribution in [0.3, 0.4) is 0 Å². The Kier molecular flexibility index (Phi) is 20.1. The van der Waals surface area contributed by atoms with Crippen molar-refractivity contribution >= 4 is 24.3 Å². The Morgan fingerprint density at radius 2 is 1.82 bits per heavy atom. The predicted octanol–water partition coefficient (Wildman–Crippen LogP) is 7.44. The predicted molar refractivity (Wildman–Crippen MR) is 203 cm³/mol. The molecule has 3 N–H and O–H groups in total. The van der Waals surface area contributed by atoms with Crippen LogP contribution in [0.1, 0.15) is 88.7 Å². The molecule has 280 valence electrons. The number of Topliss-reactive ketones (excluding diaryl/α,β-unsaturated/α-hetero) is 1. The maximum atomic E-state index is 14.3. The SMILES string of the molecule is C/C=C(/N)CCCC(C)CC.CO.CON(S)OCCCOC1CCN(c2ccc(-n3nc(C(C)=O)cc3-c3ccc(C#N)c(F)c3)cc2)CC1. The summed E-state index contributed by atoms with van der Waals surface area (Å²) in [6.07, 6.45) is 9.72. The van der Waals surface area contributed by atoms with Crippen LogP contribution in [0, 0.1) is 23.1 Å². The zero-order valence-electron chi connectivity index (χ0n) is 30.8. The van der Waals surface area contributed by atoms with E-state index >= 15 is 0 Å². The molecule has 0 amide bonds. The molecule has 0 saturated carbocycles. The standard InChI is InChI=1S/C27H30FN5O4S.C10H21N.CH4O/c1-19(34)26-17-27(20-4-5-21(18-29)25(28)16-20)32(30-26)23-8-6-22(7-9-23)31-12-10-24(11-13-31)36-14-3-15-37-33(38)35-2;1-4-9(3)7-6-8-10(11)5-2;1-2/h4-9,16-17,24,38H,3,10-15H2,1-2H3;5,9H,4,6-8,11H2,1-3H3;2H,1H3/b;10-5+;. The summed E-state index contributed by atoms with van der Waals surface area (Å²) in [6, 6.07) is 15.7. The molecule has 0 aliphatic carbocycles. The lowest BCUT2D eigenvalue weighted by Crippen LogP contribution is -2.37. The minimum absolute atomic E-state index is 0.0361. The maximum absolute atomic E-state index is 14.3. The highest BCUT2D eigenvalue weighted by atomic mass is 32.1. The van der Waals surface area contributed by atoms with Gasteiger partial charge in [0, 0.05) is 50.7 Å². The Balaban J connectivity index is 0.000000594. The number of rotatable bonds is 16. The van der Waals surface area contributed by atoms with Crippen molar-refractivity contribution in [2.75, 3.05) is 45.4 Å². The number of ketones is 1. The topological polar surface area (TPSA) is 139 Å². The summed E-state index contributed by atoms with van der Waals surface area (Å²) < 4.78 is 23.0. The Morgan fingerprint density at radius 3 is 2.39 bits per heavy atom. The van der Waals surface area contributed by atoms with E-state index < -0.39 is 5.82 Å². The number of allylic oxidation sites excluding steroid dienone is 2. The van der Waals surface area contributed by atoms with Gasteiger partial charge in [0.15, 0.2) is 5.78 Å². The number of aliphatic hydroxyl groups excluding tert-OH is 1. The molecule has 1 saturated heterocycles. The van der Waals surface area contributed by atoms with Gasteiger partial charge in [-0.05, 0) is 105 Å². The van der Waals surface area contributed by atoms with Crippen LogP contribution in [0.2, 0.25) is 0 Å². The number of aromatic nitrogens is 2. The van der Waals surface area contributed by atoms with Gasteiger partial charge in [-0.15, -0.1) is 0 Å². The number of aliphatic hydroxyl groups is 1. The normalized spacial score (nSPS) is 13.9. The number of nitriles is 1. The number of nitrogens with two attached hydrogens (primary N) is 1. The molecule has 2 aromatic carbocycles. The average molecular weight is 727 g/mol. The van der Waals surface area contributed by atoms with Crippen molar-refractivity contribution in [1.82, 2.24) is 14.4 Å². The van der Waals surface area contributed by atoms with Crippen LogP contribution in [-0.4, -0.2) is 71.9 Å². The molecule has 11 nitrogen and oxygen atoms in total. The third-order valence-corrected chi connectivity index (χ3v) is 8.87. The summed E-state index contributed by atoms with van der Waals surface area (Å²) in [7, 11) is 2.48. The van der Waals surface area contributed by atoms with E-state index in [0.717, 1.165) is 73.5 Å². The second-order valence-electron chi connectivity index (χ2n) is 12.1. The first-order valence-electron chi connectivity index (χ1n) is 17.4. The first kappa shape index (κ1) is 43.4. The van der Waals surface area contributed by atoms with E-state index in [2.05, 4.69) is 36.7 Å². The Hall–Kier alpha value is -3.77. The van der Waals surface area contributed by atoms with E-state index in [4.69, 9.17) is 30.5 Å². The zero-order chi connectivity index (χ0) is 37.8. The molecule has 4 rings (SSSR count). The summed E-state index contributed by atoms with van der Waals surface area (Å²) in [5.41, 5.74) is 9.87. The lowest BCUT2D eigenvalue weighted by atomic mass is 10.0. The van der Waals surface area contributed by atoms with Crippen molar-refractivity contribution in [3.8, 4) is 23.0 Å². The van der Waals surface area contributed by atoms with E-state index in [1.165, 1.54) is 45.4 Å². The molecular formula is C38H55FN6O5S. The summed E-state index contributed by atoms with van der Waals surface area (Å²) in [5.74, 6) is 0.0558. The number of ether oxygens (including phenoxy) is 1.